The van der Waals surface area contributed by atoms with E-state index in [1.807, 2.05) is 20.8 Å². The molecule has 0 aromatic carbocycles. The number of carbonyl (C=O) groups is 1. The van der Waals surface area contributed by atoms with Crippen LogP contribution in [-0.2, 0) is 19.0 Å². The largest absolute Gasteiger partial charge is 0.466 e. The first-order valence-electron chi connectivity index (χ1n) is 5.56. The van der Waals surface area contributed by atoms with Crippen molar-refractivity contribution in [1.82, 2.24) is 0 Å². The van der Waals surface area contributed by atoms with Crippen LogP contribution in [0.25, 0.3) is 0 Å². The van der Waals surface area contributed by atoms with Gasteiger partial charge >= 0.3 is 5.97 Å². The molecule has 0 aromatic rings. The van der Waals surface area contributed by atoms with Crippen molar-refractivity contribution < 1.29 is 19.0 Å². The Kier molecular flexibility index (Phi) is 2.73. The topological polar surface area (TPSA) is 44.8 Å². The van der Waals surface area contributed by atoms with Gasteiger partial charge < -0.3 is 14.2 Å². The van der Waals surface area contributed by atoms with Crippen LogP contribution in [0.3, 0.4) is 0 Å². The van der Waals surface area contributed by atoms with Crippen molar-refractivity contribution in [2.24, 2.45) is 5.92 Å². The second-order valence-corrected chi connectivity index (χ2v) is 4.57. The van der Waals surface area contributed by atoms with E-state index in [0.717, 1.165) is 12.8 Å². The van der Waals surface area contributed by atoms with Gasteiger partial charge in [0.15, 0.2) is 5.79 Å². The maximum Gasteiger partial charge on any atom is 0.311 e. The summed E-state index contributed by atoms with van der Waals surface area (Å²) in [4.78, 5) is 11.6. The lowest BCUT2D eigenvalue weighted by molar-refractivity contribution is -0.168. The number of fused-ring (bicyclic) bond motifs is 1. The van der Waals surface area contributed by atoms with Crippen molar-refractivity contribution in [1.29, 1.82) is 0 Å². The predicted molar refractivity (Wildman–Crippen MR) is 53.2 cm³/mol. The van der Waals surface area contributed by atoms with E-state index in [9.17, 15) is 4.79 Å². The molecule has 0 radical (unpaired) electrons. The monoisotopic (exact) mass is 214 g/mol. The summed E-state index contributed by atoms with van der Waals surface area (Å²) in [6, 6.07) is 0. The fourth-order valence-electron chi connectivity index (χ4n) is 2.44. The Hall–Kier alpha value is -0.610. The van der Waals surface area contributed by atoms with Crippen LogP contribution in [0.15, 0.2) is 0 Å². The van der Waals surface area contributed by atoms with Gasteiger partial charge in [-0.05, 0) is 33.6 Å². The number of hydrogen-bond acceptors (Lipinski definition) is 4. The van der Waals surface area contributed by atoms with Crippen LogP contribution in [-0.4, -0.2) is 30.6 Å². The zero-order valence-electron chi connectivity index (χ0n) is 9.49. The Bertz CT molecular complexity index is 261. The lowest BCUT2D eigenvalue weighted by Gasteiger charge is -2.20. The number of carbonyl (C=O) groups excluding carboxylic acids is 1. The first-order valence-corrected chi connectivity index (χ1v) is 5.56. The summed E-state index contributed by atoms with van der Waals surface area (Å²) in [5, 5.41) is 0. The molecule has 4 nitrogen and oxygen atoms in total. The number of hydrogen-bond donors (Lipinski definition) is 0. The maximum atomic E-state index is 11.6. The highest BCUT2D eigenvalue weighted by Crippen LogP contribution is 2.41. The summed E-state index contributed by atoms with van der Waals surface area (Å²) < 4.78 is 16.5. The minimum absolute atomic E-state index is 0.0643. The summed E-state index contributed by atoms with van der Waals surface area (Å²) in [7, 11) is 0. The van der Waals surface area contributed by atoms with Crippen LogP contribution in [0, 0.1) is 5.92 Å². The van der Waals surface area contributed by atoms with E-state index in [4.69, 9.17) is 14.2 Å². The molecule has 0 aromatic heterocycles. The Balaban J connectivity index is 2.02. The molecule has 0 amide bonds. The van der Waals surface area contributed by atoms with Crippen molar-refractivity contribution >= 4 is 5.97 Å². The van der Waals surface area contributed by atoms with Gasteiger partial charge in [0.1, 0.15) is 6.10 Å². The molecule has 0 unspecified atom stereocenters. The molecule has 2 aliphatic rings. The van der Waals surface area contributed by atoms with E-state index in [2.05, 4.69) is 0 Å². The van der Waals surface area contributed by atoms with E-state index in [1.165, 1.54) is 0 Å². The summed E-state index contributed by atoms with van der Waals surface area (Å²) >= 11 is 0. The molecule has 0 spiro atoms. The molecule has 1 saturated heterocycles. The van der Waals surface area contributed by atoms with Crippen LogP contribution in [0.5, 0.6) is 0 Å². The third-order valence-electron chi connectivity index (χ3n) is 2.97. The smallest absolute Gasteiger partial charge is 0.311 e. The number of esters is 1. The standard InChI is InChI=1S/C11H18O4/c1-4-13-10(12)7-5-6-8-9(7)15-11(2,3)14-8/h7-9H,4-6H2,1-3H3/t7-,8+,9-/m0/s1. The number of ether oxygens (including phenoxy) is 3. The van der Waals surface area contributed by atoms with E-state index in [1.54, 1.807) is 0 Å². The third kappa shape index (κ3) is 2.01. The highest BCUT2D eigenvalue weighted by Gasteiger charge is 2.51. The summed E-state index contributed by atoms with van der Waals surface area (Å²) in [6.45, 7) is 6.01. The molecule has 15 heavy (non-hydrogen) atoms. The summed E-state index contributed by atoms with van der Waals surface area (Å²) in [5.41, 5.74) is 0. The van der Waals surface area contributed by atoms with Crippen LogP contribution in [0.2, 0.25) is 0 Å². The minimum Gasteiger partial charge on any atom is -0.466 e. The highest BCUT2D eigenvalue weighted by atomic mass is 16.8. The Labute approximate surface area is 89.9 Å². The summed E-state index contributed by atoms with van der Waals surface area (Å²) in [5.74, 6) is -0.844. The zero-order valence-corrected chi connectivity index (χ0v) is 9.49. The van der Waals surface area contributed by atoms with Crippen LogP contribution >= 0.6 is 0 Å². The van der Waals surface area contributed by atoms with E-state index in [0.29, 0.717) is 6.61 Å². The highest BCUT2D eigenvalue weighted by molar-refractivity contribution is 5.73. The molecule has 1 heterocycles. The molecule has 2 rings (SSSR count). The Morgan fingerprint density at radius 1 is 1.40 bits per heavy atom. The third-order valence-corrected chi connectivity index (χ3v) is 2.97. The van der Waals surface area contributed by atoms with E-state index in [-0.39, 0.29) is 24.1 Å². The Morgan fingerprint density at radius 3 is 2.80 bits per heavy atom. The zero-order chi connectivity index (χ0) is 11.1. The minimum atomic E-state index is -0.555. The van der Waals surface area contributed by atoms with Crippen LogP contribution in [0.1, 0.15) is 33.6 Å². The van der Waals surface area contributed by atoms with Gasteiger partial charge in [0, 0.05) is 0 Å². The van der Waals surface area contributed by atoms with Gasteiger partial charge in [0.2, 0.25) is 0 Å². The maximum absolute atomic E-state index is 11.6. The van der Waals surface area contributed by atoms with Gasteiger partial charge in [-0.3, -0.25) is 4.79 Å². The fourth-order valence-corrected chi connectivity index (χ4v) is 2.44. The molecular weight excluding hydrogens is 196 g/mol. The van der Waals surface area contributed by atoms with Gasteiger partial charge in [0.05, 0.1) is 18.6 Å². The molecule has 1 aliphatic carbocycles. The molecule has 1 saturated carbocycles. The predicted octanol–water partition coefficient (Wildman–Crippen LogP) is 1.48. The van der Waals surface area contributed by atoms with Crippen molar-refractivity contribution in [2.75, 3.05) is 6.61 Å². The van der Waals surface area contributed by atoms with Gasteiger partial charge in [-0.25, -0.2) is 0 Å². The molecule has 0 N–H and O–H groups in total. The van der Waals surface area contributed by atoms with Crippen molar-refractivity contribution in [3.05, 3.63) is 0 Å². The molecule has 0 bridgehead atoms. The first-order chi connectivity index (χ1) is 7.03. The first kappa shape index (κ1) is 10.9. The average molecular weight is 214 g/mol. The number of rotatable bonds is 2. The van der Waals surface area contributed by atoms with Gasteiger partial charge in [-0.15, -0.1) is 0 Å². The molecule has 4 heteroatoms. The quantitative estimate of drug-likeness (QED) is 0.653. The van der Waals surface area contributed by atoms with E-state index < -0.39 is 5.79 Å². The van der Waals surface area contributed by atoms with Crippen LogP contribution < -0.4 is 0 Å². The Morgan fingerprint density at radius 2 is 2.13 bits per heavy atom. The van der Waals surface area contributed by atoms with Gasteiger partial charge in [-0.2, -0.15) is 0 Å². The second-order valence-electron chi connectivity index (χ2n) is 4.57. The molecule has 3 atom stereocenters. The lowest BCUT2D eigenvalue weighted by Crippen LogP contribution is -2.31. The normalized spacial score (nSPS) is 37.7. The second kappa shape index (κ2) is 3.76. The molecule has 1 aliphatic heterocycles. The van der Waals surface area contributed by atoms with Crippen molar-refractivity contribution in [2.45, 2.75) is 51.6 Å². The SMILES string of the molecule is CCOC(=O)[C@H]1CC[C@H]2OC(C)(C)O[C@@H]12. The average Bonchev–Trinajstić information content (AvgIpc) is 2.59. The molecular formula is C11H18O4. The fraction of sp³-hybridized carbons (Fsp3) is 0.909. The van der Waals surface area contributed by atoms with E-state index >= 15 is 0 Å². The molecule has 86 valence electrons. The summed E-state index contributed by atoms with van der Waals surface area (Å²) in [6.07, 6.45) is 1.65. The molecule has 2 fully saturated rings. The van der Waals surface area contributed by atoms with Gasteiger partial charge in [-0.1, -0.05) is 0 Å². The lowest BCUT2D eigenvalue weighted by atomic mass is 10.1. The van der Waals surface area contributed by atoms with Crippen LogP contribution in [0.4, 0.5) is 0 Å². The van der Waals surface area contributed by atoms with Crippen molar-refractivity contribution in [3.8, 4) is 0 Å². The van der Waals surface area contributed by atoms with Crippen molar-refractivity contribution in [3.63, 3.8) is 0 Å². The van der Waals surface area contributed by atoms with Gasteiger partial charge in [0.25, 0.3) is 0 Å².